The molecule has 0 bridgehead atoms. The molecule has 26 heavy (non-hydrogen) atoms. The van der Waals surface area contributed by atoms with E-state index in [-0.39, 0.29) is 21.7 Å². The van der Waals surface area contributed by atoms with Gasteiger partial charge in [0.05, 0.1) is 26.5 Å². The van der Waals surface area contributed by atoms with Crippen molar-refractivity contribution in [3.63, 3.8) is 0 Å². The Kier molecular flexibility index (Phi) is 6.21. The lowest BCUT2D eigenvalue weighted by molar-refractivity contribution is -0.139. The van der Waals surface area contributed by atoms with Crippen molar-refractivity contribution in [2.45, 2.75) is 12.1 Å². The lowest BCUT2D eigenvalue weighted by Gasteiger charge is -2.18. The van der Waals surface area contributed by atoms with E-state index in [0.29, 0.717) is 0 Å². The topological polar surface area (TPSA) is 37.3 Å². The summed E-state index contributed by atoms with van der Waals surface area (Å²) in [4.78, 5) is 10.9. The van der Waals surface area contributed by atoms with E-state index in [0.717, 1.165) is 24.3 Å². The molecule has 2 aromatic carbocycles. The molecule has 2 nitrogen and oxygen atoms in total. The standard InChI is InChI=1S/C17H9Cl3F4O2/c18-12-5-8(1-3-10(12)16(25)26)2-4-11(17(22,23)24)9-6-13(19)15(21)14(20)7-9/h1-7,11H,(H,25,26). The van der Waals surface area contributed by atoms with Crippen molar-refractivity contribution in [2.24, 2.45) is 0 Å². The average molecular weight is 428 g/mol. The molecular formula is C17H9Cl3F4O2. The number of rotatable bonds is 4. The predicted molar refractivity (Wildman–Crippen MR) is 92.7 cm³/mol. The molecule has 2 rings (SSSR count). The minimum atomic E-state index is -4.69. The van der Waals surface area contributed by atoms with Crippen LogP contribution in [0.25, 0.3) is 6.08 Å². The van der Waals surface area contributed by atoms with Gasteiger partial charge in [0.2, 0.25) is 0 Å². The minimum absolute atomic E-state index is 0.115. The van der Waals surface area contributed by atoms with E-state index in [4.69, 9.17) is 39.9 Å². The highest BCUT2D eigenvalue weighted by Gasteiger charge is 2.39. The molecule has 0 fully saturated rings. The first-order valence-corrected chi connectivity index (χ1v) is 8.06. The van der Waals surface area contributed by atoms with Crippen LogP contribution in [0.4, 0.5) is 17.6 Å². The summed E-state index contributed by atoms with van der Waals surface area (Å²) in [5, 5.41) is 7.73. The number of carboxylic acids is 1. The molecule has 0 radical (unpaired) electrons. The molecule has 0 saturated carbocycles. The number of benzene rings is 2. The van der Waals surface area contributed by atoms with Crippen LogP contribution in [0.5, 0.6) is 0 Å². The first-order chi connectivity index (χ1) is 12.0. The largest absolute Gasteiger partial charge is 0.478 e. The third-order valence-electron chi connectivity index (χ3n) is 3.42. The van der Waals surface area contributed by atoms with Gasteiger partial charge in [0.25, 0.3) is 0 Å². The summed E-state index contributed by atoms with van der Waals surface area (Å²) < 4.78 is 53.6. The smallest absolute Gasteiger partial charge is 0.399 e. The average Bonchev–Trinajstić information content (AvgIpc) is 2.51. The van der Waals surface area contributed by atoms with Gasteiger partial charge < -0.3 is 5.11 Å². The summed E-state index contributed by atoms with van der Waals surface area (Å²) in [6, 6.07) is 5.42. The molecule has 1 N–H and O–H groups in total. The molecule has 0 amide bonds. The number of carboxylic acid groups (broad SMARTS) is 1. The Morgan fingerprint density at radius 3 is 2.08 bits per heavy atom. The second-order valence-electron chi connectivity index (χ2n) is 5.22. The number of alkyl halides is 3. The van der Waals surface area contributed by atoms with Crippen LogP contribution >= 0.6 is 34.8 Å². The Balaban J connectivity index is 2.42. The monoisotopic (exact) mass is 426 g/mol. The van der Waals surface area contributed by atoms with Crippen LogP contribution in [0, 0.1) is 5.82 Å². The molecule has 0 aliphatic rings. The number of halogens is 7. The highest BCUT2D eigenvalue weighted by atomic mass is 35.5. The lowest BCUT2D eigenvalue weighted by Crippen LogP contribution is -2.19. The molecule has 138 valence electrons. The molecular weight excluding hydrogens is 419 g/mol. The molecule has 0 aliphatic heterocycles. The van der Waals surface area contributed by atoms with E-state index in [1.54, 1.807) is 0 Å². The quantitative estimate of drug-likeness (QED) is 0.428. The Morgan fingerprint density at radius 2 is 1.62 bits per heavy atom. The maximum Gasteiger partial charge on any atom is 0.399 e. The first kappa shape index (κ1) is 20.6. The van der Waals surface area contributed by atoms with Gasteiger partial charge in [-0.2, -0.15) is 13.2 Å². The highest BCUT2D eigenvalue weighted by Crippen LogP contribution is 2.39. The van der Waals surface area contributed by atoms with E-state index in [2.05, 4.69) is 0 Å². The van der Waals surface area contributed by atoms with Crippen molar-refractivity contribution >= 4 is 46.8 Å². The Labute approximate surface area is 160 Å². The van der Waals surface area contributed by atoms with Crippen LogP contribution in [0.3, 0.4) is 0 Å². The summed E-state index contributed by atoms with van der Waals surface area (Å²) in [5.74, 6) is -4.36. The van der Waals surface area contributed by atoms with Gasteiger partial charge in [-0.15, -0.1) is 0 Å². The van der Waals surface area contributed by atoms with E-state index >= 15 is 0 Å². The van der Waals surface area contributed by atoms with Gasteiger partial charge in [0.1, 0.15) is 0 Å². The highest BCUT2D eigenvalue weighted by molar-refractivity contribution is 6.35. The second-order valence-corrected chi connectivity index (χ2v) is 6.44. The Hall–Kier alpha value is -1.76. The minimum Gasteiger partial charge on any atom is -0.478 e. The van der Waals surface area contributed by atoms with E-state index in [9.17, 15) is 22.4 Å². The molecule has 0 aromatic heterocycles. The lowest BCUT2D eigenvalue weighted by atomic mass is 9.97. The second kappa shape index (κ2) is 7.86. The molecule has 0 saturated heterocycles. The van der Waals surface area contributed by atoms with Gasteiger partial charge in [-0.3, -0.25) is 0 Å². The van der Waals surface area contributed by atoms with Crippen molar-refractivity contribution in [2.75, 3.05) is 0 Å². The molecule has 0 heterocycles. The number of allylic oxidation sites excluding steroid dienone is 1. The fraction of sp³-hybridized carbons (Fsp3) is 0.118. The maximum atomic E-state index is 13.4. The summed E-state index contributed by atoms with van der Waals surface area (Å²) in [5.41, 5.74) is -0.250. The maximum absolute atomic E-state index is 13.4. The van der Waals surface area contributed by atoms with E-state index in [1.165, 1.54) is 18.2 Å². The predicted octanol–water partition coefficient (Wildman–Crippen LogP) is 6.84. The molecule has 2 aromatic rings. The number of hydrogen-bond acceptors (Lipinski definition) is 1. The summed E-state index contributed by atoms with van der Waals surface area (Å²) >= 11 is 16.9. The van der Waals surface area contributed by atoms with Crippen LogP contribution < -0.4 is 0 Å². The normalized spacial score (nSPS) is 13.2. The zero-order chi connectivity index (χ0) is 19.6. The van der Waals surface area contributed by atoms with E-state index < -0.39 is 33.9 Å². The Bertz CT molecular complexity index is 856. The van der Waals surface area contributed by atoms with Crippen LogP contribution in [0.2, 0.25) is 15.1 Å². The number of hydrogen-bond donors (Lipinski definition) is 1. The summed E-state index contributed by atoms with van der Waals surface area (Å²) in [6.07, 6.45) is -2.74. The van der Waals surface area contributed by atoms with Crippen molar-refractivity contribution in [3.05, 3.63) is 74.0 Å². The van der Waals surface area contributed by atoms with Crippen molar-refractivity contribution in [1.82, 2.24) is 0 Å². The van der Waals surface area contributed by atoms with Crippen molar-refractivity contribution < 1.29 is 27.5 Å². The number of carbonyl (C=O) groups is 1. The van der Waals surface area contributed by atoms with Crippen LogP contribution in [0.1, 0.15) is 27.4 Å². The third-order valence-corrected chi connectivity index (χ3v) is 4.29. The molecule has 1 atom stereocenters. The summed E-state index contributed by atoms with van der Waals surface area (Å²) in [7, 11) is 0. The van der Waals surface area contributed by atoms with Crippen LogP contribution in [0.15, 0.2) is 36.4 Å². The van der Waals surface area contributed by atoms with Crippen LogP contribution in [-0.2, 0) is 0 Å². The zero-order valence-corrected chi connectivity index (χ0v) is 14.9. The van der Waals surface area contributed by atoms with E-state index in [1.807, 2.05) is 0 Å². The third kappa shape index (κ3) is 4.69. The van der Waals surface area contributed by atoms with Crippen LogP contribution in [-0.4, -0.2) is 17.3 Å². The Morgan fingerprint density at radius 1 is 1.04 bits per heavy atom. The number of aromatic carboxylic acids is 1. The van der Waals surface area contributed by atoms with Gasteiger partial charge >= 0.3 is 12.1 Å². The SMILES string of the molecule is O=C(O)c1ccc(C=CC(c2cc(Cl)c(F)c(Cl)c2)C(F)(F)F)cc1Cl. The first-order valence-electron chi connectivity index (χ1n) is 6.93. The van der Waals surface area contributed by atoms with Gasteiger partial charge in [-0.1, -0.05) is 53.0 Å². The molecule has 0 spiro atoms. The zero-order valence-electron chi connectivity index (χ0n) is 12.6. The van der Waals surface area contributed by atoms with Crippen molar-refractivity contribution in [3.8, 4) is 0 Å². The van der Waals surface area contributed by atoms with Crippen molar-refractivity contribution in [1.29, 1.82) is 0 Å². The fourth-order valence-electron chi connectivity index (χ4n) is 2.18. The van der Waals surface area contributed by atoms with Gasteiger partial charge in [-0.25, -0.2) is 9.18 Å². The molecule has 9 heteroatoms. The van der Waals surface area contributed by atoms with Gasteiger partial charge in [0.15, 0.2) is 5.82 Å². The molecule has 0 aliphatic carbocycles. The molecule has 1 unspecified atom stereocenters. The van der Waals surface area contributed by atoms with Gasteiger partial charge in [-0.05, 0) is 35.4 Å². The fourth-order valence-corrected chi connectivity index (χ4v) is 2.95. The summed E-state index contributed by atoms with van der Waals surface area (Å²) in [6.45, 7) is 0. The van der Waals surface area contributed by atoms with Gasteiger partial charge in [0, 0.05) is 0 Å².